The van der Waals surface area contributed by atoms with Crippen LogP contribution in [-0.4, -0.2) is 9.78 Å². The Balaban J connectivity index is 2.16. The minimum absolute atomic E-state index is 0.0444. The normalized spacial score (nSPS) is 12.5. The Kier molecular flexibility index (Phi) is 3.15. The van der Waals surface area contributed by atoms with Crippen molar-refractivity contribution in [2.45, 2.75) is 19.9 Å². The van der Waals surface area contributed by atoms with Gasteiger partial charge in [-0.1, -0.05) is 12.1 Å². The molecule has 0 bridgehead atoms. The number of aromatic nitrogens is 2. The lowest BCUT2D eigenvalue weighted by Gasteiger charge is -2.08. The maximum absolute atomic E-state index is 5.79. The van der Waals surface area contributed by atoms with Gasteiger partial charge in [0.25, 0.3) is 0 Å². The molecule has 2 rings (SSSR count). The van der Waals surface area contributed by atoms with Crippen LogP contribution in [0.4, 0.5) is 0 Å². The minimum Gasteiger partial charge on any atom is -0.439 e. The van der Waals surface area contributed by atoms with Crippen LogP contribution in [0.15, 0.2) is 30.3 Å². The van der Waals surface area contributed by atoms with E-state index in [0.717, 1.165) is 22.9 Å². The summed E-state index contributed by atoms with van der Waals surface area (Å²) in [5.41, 5.74) is 7.82. The predicted molar refractivity (Wildman–Crippen MR) is 67.1 cm³/mol. The first-order valence-electron chi connectivity index (χ1n) is 5.60. The van der Waals surface area contributed by atoms with E-state index in [-0.39, 0.29) is 6.04 Å². The lowest BCUT2D eigenvalue weighted by atomic mass is 10.1. The number of aryl methyl sites for hydroxylation is 2. The molecule has 0 aliphatic carbocycles. The minimum atomic E-state index is 0.0444. The van der Waals surface area contributed by atoms with Crippen LogP contribution in [0.2, 0.25) is 0 Å². The SMILES string of the molecule is Cc1cc(Oc2ccc([C@@H](C)N)cc2)n(C)n1. The highest BCUT2D eigenvalue weighted by Gasteiger charge is 2.05. The van der Waals surface area contributed by atoms with Crippen LogP contribution in [0.1, 0.15) is 24.2 Å². The molecule has 17 heavy (non-hydrogen) atoms. The molecule has 4 nitrogen and oxygen atoms in total. The van der Waals surface area contributed by atoms with Gasteiger partial charge in [0.15, 0.2) is 0 Å². The number of ether oxygens (including phenoxy) is 1. The van der Waals surface area contributed by atoms with Crippen LogP contribution >= 0.6 is 0 Å². The Morgan fingerprint density at radius 1 is 1.29 bits per heavy atom. The second-order valence-corrected chi connectivity index (χ2v) is 4.21. The van der Waals surface area contributed by atoms with E-state index < -0.39 is 0 Å². The average molecular weight is 231 g/mol. The predicted octanol–water partition coefficient (Wildman–Crippen LogP) is 2.54. The van der Waals surface area contributed by atoms with Crippen molar-refractivity contribution >= 4 is 0 Å². The zero-order chi connectivity index (χ0) is 12.4. The summed E-state index contributed by atoms with van der Waals surface area (Å²) < 4.78 is 7.44. The van der Waals surface area contributed by atoms with Gasteiger partial charge in [-0.3, -0.25) is 0 Å². The number of hydrogen-bond donors (Lipinski definition) is 1. The summed E-state index contributed by atoms with van der Waals surface area (Å²) in [7, 11) is 1.86. The Morgan fingerprint density at radius 3 is 2.41 bits per heavy atom. The molecule has 1 aromatic carbocycles. The van der Waals surface area contributed by atoms with Gasteiger partial charge >= 0.3 is 0 Å². The Morgan fingerprint density at radius 2 is 1.94 bits per heavy atom. The Hall–Kier alpha value is -1.81. The molecule has 90 valence electrons. The van der Waals surface area contributed by atoms with E-state index in [1.807, 2.05) is 51.2 Å². The fraction of sp³-hybridized carbons (Fsp3) is 0.308. The van der Waals surface area contributed by atoms with E-state index in [4.69, 9.17) is 10.5 Å². The quantitative estimate of drug-likeness (QED) is 0.883. The van der Waals surface area contributed by atoms with Gasteiger partial charge < -0.3 is 10.5 Å². The third kappa shape index (κ3) is 2.65. The van der Waals surface area contributed by atoms with E-state index in [1.54, 1.807) is 4.68 Å². The summed E-state index contributed by atoms with van der Waals surface area (Å²) in [6.45, 7) is 3.90. The molecule has 0 aliphatic heterocycles. The molecule has 1 heterocycles. The molecule has 0 unspecified atom stereocenters. The molecular formula is C13H17N3O. The van der Waals surface area contributed by atoms with E-state index >= 15 is 0 Å². The number of benzene rings is 1. The summed E-state index contributed by atoms with van der Waals surface area (Å²) in [6.07, 6.45) is 0. The van der Waals surface area contributed by atoms with Crippen LogP contribution in [0.5, 0.6) is 11.6 Å². The van der Waals surface area contributed by atoms with Crippen molar-refractivity contribution < 1.29 is 4.74 Å². The molecule has 1 aromatic heterocycles. The molecule has 4 heteroatoms. The third-order valence-corrected chi connectivity index (χ3v) is 2.59. The standard InChI is InChI=1S/C13H17N3O/c1-9-8-13(16(3)15-9)17-12-6-4-11(5-7-12)10(2)14/h4-8,10H,14H2,1-3H3/t10-/m1/s1. The van der Waals surface area contributed by atoms with Crippen LogP contribution < -0.4 is 10.5 Å². The molecular weight excluding hydrogens is 214 g/mol. The first-order valence-corrected chi connectivity index (χ1v) is 5.60. The highest BCUT2D eigenvalue weighted by molar-refractivity contribution is 5.32. The maximum Gasteiger partial charge on any atom is 0.217 e. The summed E-state index contributed by atoms with van der Waals surface area (Å²) in [5.74, 6) is 1.52. The fourth-order valence-electron chi connectivity index (χ4n) is 1.64. The highest BCUT2D eigenvalue weighted by atomic mass is 16.5. The highest BCUT2D eigenvalue weighted by Crippen LogP contribution is 2.23. The topological polar surface area (TPSA) is 53.1 Å². The molecule has 0 fully saturated rings. The molecule has 0 radical (unpaired) electrons. The summed E-state index contributed by atoms with van der Waals surface area (Å²) in [6, 6.07) is 9.73. The molecule has 0 spiro atoms. The maximum atomic E-state index is 5.79. The third-order valence-electron chi connectivity index (χ3n) is 2.59. The summed E-state index contributed by atoms with van der Waals surface area (Å²) >= 11 is 0. The van der Waals surface area contributed by atoms with E-state index in [9.17, 15) is 0 Å². The first kappa shape index (κ1) is 11.7. The van der Waals surface area contributed by atoms with E-state index in [1.165, 1.54) is 0 Å². The van der Waals surface area contributed by atoms with Crippen molar-refractivity contribution in [3.05, 3.63) is 41.6 Å². The second-order valence-electron chi connectivity index (χ2n) is 4.21. The Bertz CT molecular complexity index is 500. The van der Waals surface area contributed by atoms with Gasteiger partial charge in [0.1, 0.15) is 5.75 Å². The van der Waals surface area contributed by atoms with Crippen molar-refractivity contribution in [1.29, 1.82) is 0 Å². The lowest BCUT2D eigenvalue weighted by molar-refractivity contribution is 0.430. The van der Waals surface area contributed by atoms with Crippen molar-refractivity contribution in [2.24, 2.45) is 12.8 Å². The van der Waals surface area contributed by atoms with Crippen molar-refractivity contribution in [3.8, 4) is 11.6 Å². The Labute approximate surface area is 101 Å². The fourth-order valence-corrected chi connectivity index (χ4v) is 1.64. The number of nitrogens with zero attached hydrogens (tertiary/aromatic N) is 2. The number of nitrogens with two attached hydrogens (primary N) is 1. The average Bonchev–Trinajstić information content (AvgIpc) is 2.58. The molecule has 0 aliphatic rings. The van der Waals surface area contributed by atoms with E-state index in [0.29, 0.717) is 0 Å². The van der Waals surface area contributed by atoms with Crippen LogP contribution in [0.3, 0.4) is 0 Å². The van der Waals surface area contributed by atoms with E-state index in [2.05, 4.69) is 5.10 Å². The monoisotopic (exact) mass is 231 g/mol. The van der Waals surface area contributed by atoms with Gasteiger partial charge in [0.2, 0.25) is 5.88 Å². The summed E-state index contributed by atoms with van der Waals surface area (Å²) in [5, 5.41) is 4.22. The molecule has 0 amide bonds. The lowest BCUT2D eigenvalue weighted by Crippen LogP contribution is -2.04. The zero-order valence-electron chi connectivity index (χ0n) is 10.3. The van der Waals surface area contributed by atoms with Crippen molar-refractivity contribution in [3.63, 3.8) is 0 Å². The van der Waals surface area contributed by atoms with Gasteiger partial charge in [-0.05, 0) is 31.5 Å². The van der Waals surface area contributed by atoms with Gasteiger partial charge in [-0.15, -0.1) is 0 Å². The summed E-state index contributed by atoms with van der Waals surface area (Å²) in [4.78, 5) is 0. The smallest absolute Gasteiger partial charge is 0.217 e. The van der Waals surface area contributed by atoms with Gasteiger partial charge in [-0.2, -0.15) is 5.10 Å². The zero-order valence-corrected chi connectivity index (χ0v) is 10.3. The second kappa shape index (κ2) is 4.59. The van der Waals surface area contributed by atoms with Gasteiger partial charge in [0.05, 0.1) is 5.69 Å². The molecule has 2 aromatic rings. The van der Waals surface area contributed by atoms with Crippen LogP contribution in [0, 0.1) is 6.92 Å². The largest absolute Gasteiger partial charge is 0.439 e. The number of rotatable bonds is 3. The van der Waals surface area contributed by atoms with Crippen LogP contribution in [-0.2, 0) is 7.05 Å². The molecule has 0 saturated heterocycles. The van der Waals surface area contributed by atoms with Crippen LogP contribution in [0.25, 0.3) is 0 Å². The number of hydrogen-bond acceptors (Lipinski definition) is 3. The molecule has 0 saturated carbocycles. The van der Waals surface area contributed by atoms with Crippen molar-refractivity contribution in [1.82, 2.24) is 9.78 Å². The van der Waals surface area contributed by atoms with Gasteiger partial charge in [0, 0.05) is 19.2 Å². The first-order chi connectivity index (χ1) is 8.06. The van der Waals surface area contributed by atoms with Gasteiger partial charge in [-0.25, -0.2) is 4.68 Å². The molecule has 2 N–H and O–H groups in total. The van der Waals surface area contributed by atoms with Crippen molar-refractivity contribution in [2.75, 3.05) is 0 Å². The molecule has 1 atom stereocenters.